The lowest BCUT2D eigenvalue weighted by Crippen LogP contribution is -2.18. The molecule has 1 aliphatic rings. The van der Waals surface area contributed by atoms with Gasteiger partial charge >= 0.3 is 0 Å². The van der Waals surface area contributed by atoms with E-state index < -0.39 is 6.10 Å². The summed E-state index contributed by atoms with van der Waals surface area (Å²) in [5.74, 6) is 0.766. The lowest BCUT2D eigenvalue weighted by molar-refractivity contribution is 0.0671. The third kappa shape index (κ3) is 2.25. The van der Waals surface area contributed by atoms with Gasteiger partial charge in [-0.25, -0.2) is 0 Å². The van der Waals surface area contributed by atoms with Gasteiger partial charge in [-0.3, -0.25) is 0 Å². The first-order valence-electron chi connectivity index (χ1n) is 5.52. The van der Waals surface area contributed by atoms with Crippen LogP contribution < -0.4 is 4.74 Å². The van der Waals surface area contributed by atoms with E-state index in [-0.39, 0.29) is 6.10 Å². The maximum Gasteiger partial charge on any atom is 0.137 e. The Morgan fingerprint density at radius 3 is 2.83 bits per heavy atom. The molecule has 1 aromatic carbocycles. The van der Waals surface area contributed by atoms with Crippen molar-refractivity contribution in [3.8, 4) is 5.75 Å². The monoisotopic (exact) mass is 388 g/mol. The first kappa shape index (κ1) is 12.7. The van der Waals surface area contributed by atoms with Crippen molar-refractivity contribution in [1.29, 1.82) is 0 Å². The van der Waals surface area contributed by atoms with Crippen LogP contribution in [0.2, 0.25) is 0 Å². The summed E-state index contributed by atoms with van der Waals surface area (Å²) in [5.41, 5.74) is 0.855. The van der Waals surface area contributed by atoms with Crippen molar-refractivity contribution in [2.75, 3.05) is 0 Å². The average molecular weight is 390 g/mol. The number of aliphatic hydroxyl groups excluding tert-OH is 1. The van der Waals surface area contributed by atoms with Crippen LogP contribution in [0, 0.1) is 0 Å². The van der Waals surface area contributed by atoms with Gasteiger partial charge in [0, 0.05) is 20.9 Å². The van der Waals surface area contributed by atoms with Crippen molar-refractivity contribution >= 4 is 43.2 Å². The summed E-state index contributed by atoms with van der Waals surface area (Å²) in [6.45, 7) is 0. The highest BCUT2D eigenvalue weighted by Crippen LogP contribution is 2.44. The van der Waals surface area contributed by atoms with Crippen molar-refractivity contribution in [2.24, 2.45) is 0 Å². The molecule has 0 saturated carbocycles. The highest BCUT2D eigenvalue weighted by Gasteiger charge is 2.29. The first-order valence-corrected chi connectivity index (χ1v) is 7.99. The van der Waals surface area contributed by atoms with Crippen molar-refractivity contribution in [2.45, 2.75) is 18.6 Å². The normalized spacial score (nSPS) is 22.4. The third-order valence-electron chi connectivity index (χ3n) is 2.97. The predicted molar refractivity (Wildman–Crippen MR) is 79.1 cm³/mol. The molecule has 2 aromatic rings. The molecule has 0 amide bonds. The largest absolute Gasteiger partial charge is 0.484 e. The lowest BCUT2D eigenvalue weighted by Gasteiger charge is -2.29. The van der Waals surface area contributed by atoms with E-state index in [4.69, 9.17) is 4.74 Å². The van der Waals surface area contributed by atoms with E-state index in [1.807, 2.05) is 29.6 Å². The summed E-state index contributed by atoms with van der Waals surface area (Å²) in [5, 5.41) is 12.3. The molecule has 1 aliphatic heterocycles. The Balaban J connectivity index is 1.97. The molecule has 1 N–H and O–H groups in total. The molecular formula is C13H10Br2O2S. The van der Waals surface area contributed by atoms with E-state index in [0.717, 1.165) is 25.1 Å². The zero-order valence-corrected chi connectivity index (χ0v) is 13.3. The van der Waals surface area contributed by atoms with Gasteiger partial charge in [0.1, 0.15) is 11.9 Å². The number of aliphatic hydroxyl groups is 1. The molecule has 0 bridgehead atoms. The molecule has 2 atom stereocenters. The minimum atomic E-state index is -0.481. The van der Waals surface area contributed by atoms with Crippen LogP contribution in [0.25, 0.3) is 0 Å². The molecule has 5 heteroatoms. The van der Waals surface area contributed by atoms with E-state index in [1.165, 1.54) is 0 Å². The van der Waals surface area contributed by atoms with Gasteiger partial charge in [0.2, 0.25) is 0 Å². The third-order valence-corrected chi connectivity index (χ3v) is 5.43. The summed E-state index contributed by atoms with van der Waals surface area (Å²) in [6.07, 6.45) is 0.0241. The Bertz CT molecular complexity index is 582. The highest BCUT2D eigenvalue weighted by molar-refractivity contribution is 9.10. The Morgan fingerprint density at radius 1 is 1.28 bits per heavy atom. The van der Waals surface area contributed by atoms with Gasteiger partial charge in [-0.1, -0.05) is 15.9 Å². The number of thiophene rings is 1. The minimum Gasteiger partial charge on any atom is -0.484 e. The van der Waals surface area contributed by atoms with Gasteiger partial charge in [0.25, 0.3) is 0 Å². The van der Waals surface area contributed by atoms with Crippen LogP contribution in [0.5, 0.6) is 5.75 Å². The molecule has 0 radical (unpaired) electrons. The number of fused-ring (bicyclic) bond motifs is 1. The SMILES string of the molecule is OC1CC(c2sccc2Br)Oc2ccc(Br)cc21. The number of hydrogen-bond acceptors (Lipinski definition) is 3. The molecule has 0 spiro atoms. The maximum absolute atomic E-state index is 10.2. The van der Waals surface area contributed by atoms with Gasteiger partial charge in [0.05, 0.1) is 11.0 Å². The van der Waals surface area contributed by atoms with Gasteiger partial charge in [-0.2, -0.15) is 0 Å². The van der Waals surface area contributed by atoms with Crippen LogP contribution in [-0.2, 0) is 0 Å². The molecule has 0 aliphatic carbocycles. The standard InChI is InChI=1S/C13H10Br2O2S/c14-7-1-2-11-8(5-7)10(16)6-12(17-11)13-9(15)3-4-18-13/h1-5,10,12,16H,6H2. The summed E-state index contributed by atoms with van der Waals surface area (Å²) in [6, 6.07) is 7.75. The van der Waals surface area contributed by atoms with Gasteiger partial charge in [0.15, 0.2) is 0 Å². The van der Waals surface area contributed by atoms with E-state index in [2.05, 4.69) is 31.9 Å². The molecule has 3 rings (SSSR count). The Morgan fingerprint density at radius 2 is 2.11 bits per heavy atom. The van der Waals surface area contributed by atoms with E-state index in [1.54, 1.807) is 11.3 Å². The summed E-state index contributed by atoms with van der Waals surface area (Å²) in [7, 11) is 0. The molecule has 1 aromatic heterocycles. The number of rotatable bonds is 1. The van der Waals surface area contributed by atoms with Gasteiger partial charge in [-0.05, 0) is 45.6 Å². The fourth-order valence-electron chi connectivity index (χ4n) is 2.11. The molecule has 0 saturated heterocycles. The van der Waals surface area contributed by atoms with Crippen molar-refractivity contribution in [3.63, 3.8) is 0 Å². The Hall–Kier alpha value is -0.360. The molecular weight excluding hydrogens is 380 g/mol. The van der Waals surface area contributed by atoms with Crippen molar-refractivity contribution < 1.29 is 9.84 Å². The molecule has 94 valence electrons. The van der Waals surface area contributed by atoms with Crippen LogP contribution in [0.4, 0.5) is 0 Å². The lowest BCUT2D eigenvalue weighted by atomic mass is 9.98. The van der Waals surface area contributed by atoms with E-state index in [9.17, 15) is 5.11 Å². The van der Waals surface area contributed by atoms with E-state index in [0.29, 0.717) is 6.42 Å². The first-order chi connectivity index (χ1) is 8.65. The summed E-state index contributed by atoms with van der Waals surface area (Å²) >= 11 is 8.57. The second-order valence-corrected chi connectivity index (χ2v) is 6.89. The smallest absolute Gasteiger partial charge is 0.137 e. The van der Waals surface area contributed by atoms with Crippen LogP contribution in [0.15, 0.2) is 38.6 Å². The fourth-order valence-corrected chi connectivity index (χ4v) is 4.16. The second-order valence-electron chi connectivity index (χ2n) is 4.17. The summed E-state index contributed by atoms with van der Waals surface area (Å²) < 4.78 is 7.99. The van der Waals surface area contributed by atoms with Crippen LogP contribution in [0.1, 0.15) is 29.1 Å². The van der Waals surface area contributed by atoms with Crippen molar-refractivity contribution in [1.82, 2.24) is 0 Å². The maximum atomic E-state index is 10.2. The molecule has 0 fully saturated rings. The topological polar surface area (TPSA) is 29.5 Å². The number of ether oxygens (including phenoxy) is 1. The Labute approximate surface area is 126 Å². The van der Waals surface area contributed by atoms with Crippen LogP contribution in [0.3, 0.4) is 0 Å². The fraction of sp³-hybridized carbons (Fsp3) is 0.231. The minimum absolute atomic E-state index is 0.0805. The highest BCUT2D eigenvalue weighted by atomic mass is 79.9. The quantitative estimate of drug-likeness (QED) is 0.756. The van der Waals surface area contributed by atoms with Crippen LogP contribution in [-0.4, -0.2) is 5.11 Å². The molecule has 18 heavy (non-hydrogen) atoms. The molecule has 2 heterocycles. The van der Waals surface area contributed by atoms with E-state index >= 15 is 0 Å². The zero-order valence-electron chi connectivity index (χ0n) is 9.27. The zero-order chi connectivity index (χ0) is 12.7. The number of benzene rings is 1. The summed E-state index contributed by atoms with van der Waals surface area (Å²) in [4.78, 5) is 1.13. The predicted octanol–water partition coefficient (Wildman–Crippen LogP) is 4.83. The number of hydrogen-bond donors (Lipinski definition) is 1. The molecule has 2 nitrogen and oxygen atoms in total. The Kier molecular flexibility index (Phi) is 3.49. The van der Waals surface area contributed by atoms with Gasteiger partial charge in [-0.15, -0.1) is 11.3 Å². The second kappa shape index (κ2) is 4.96. The average Bonchev–Trinajstić information content (AvgIpc) is 2.76. The van der Waals surface area contributed by atoms with Gasteiger partial charge < -0.3 is 9.84 Å². The number of halogens is 2. The van der Waals surface area contributed by atoms with Crippen LogP contribution >= 0.6 is 43.2 Å². The molecule has 2 unspecified atom stereocenters. The van der Waals surface area contributed by atoms with Crippen molar-refractivity contribution in [3.05, 3.63) is 49.0 Å².